The van der Waals surface area contributed by atoms with Crippen LogP contribution >= 0.6 is 11.3 Å². The van der Waals surface area contributed by atoms with E-state index >= 15 is 0 Å². The molecule has 4 aromatic rings. The molecule has 0 fully saturated rings. The summed E-state index contributed by atoms with van der Waals surface area (Å²) in [7, 11) is 3.30. The Bertz CT molecular complexity index is 1550. The minimum atomic E-state index is -4.58. The van der Waals surface area contributed by atoms with Gasteiger partial charge in [0.15, 0.2) is 0 Å². The van der Waals surface area contributed by atoms with E-state index in [4.69, 9.17) is 0 Å². The lowest BCUT2D eigenvalue weighted by molar-refractivity contribution is -0.141. The first-order chi connectivity index (χ1) is 20.3. The van der Waals surface area contributed by atoms with Gasteiger partial charge < -0.3 is 20.2 Å². The van der Waals surface area contributed by atoms with Crippen molar-refractivity contribution in [2.24, 2.45) is 0 Å². The number of nitrogens with zero attached hydrogens (tertiary/aromatic N) is 4. The number of anilines is 1. The fourth-order valence-electron chi connectivity index (χ4n) is 4.64. The number of aryl methyl sites for hydroxylation is 1. The topological polar surface area (TPSA) is 98.7 Å². The molecule has 2 amide bonds. The van der Waals surface area contributed by atoms with Gasteiger partial charge in [0.2, 0.25) is 0 Å². The minimum absolute atomic E-state index is 0.236. The summed E-state index contributed by atoms with van der Waals surface area (Å²) in [6, 6.07) is 15.9. The number of carbonyl (C=O) groups is 2. The van der Waals surface area contributed by atoms with Crippen LogP contribution in [0.3, 0.4) is 0 Å². The number of aliphatic hydroxyl groups is 1. The number of nitrogens with one attached hydrogen (secondary N) is 1. The predicted molar refractivity (Wildman–Crippen MR) is 159 cm³/mol. The summed E-state index contributed by atoms with van der Waals surface area (Å²) in [4.78, 5) is 37.4. The Labute approximate surface area is 251 Å². The van der Waals surface area contributed by atoms with Crippen LogP contribution in [0.15, 0.2) is 78.3 Å². The van der Waals surface area contributed by atoms with Crippen molar-refractivity contribution in [1.29, 1.82) is 0 Å². The van der Waals surface area contributed by atoms with Gasteiger partial charge in [0.05, 0.1) is 36.6 Å². The molecule has 0 aliphatic heterocycles. The van der Waals surface area contributed by atoms with Crippen LogP contribution in [0.2, 0.25) is 0 Å². The van der Waals surface area contributed by atoms with Crippen molar-refractivity contribution in [2.75, 3.05) is 19.0 Å². The maximum atomic E-state index is 13.2. The van der Waals surface area contributed by atoms with Gasteiger partial charge in [-0.25, -0.2) is 9.97 Å². The Balaban J connectivity index is 1.50. The van der Waals surface area contributed by atoms with Crippen molar-refractivity contribution in [1.82, 2.24) is 20.2 Å². The van der Waals surface area contributed by atoms with Crippen molar-refractivity contribution >= 4 is 28.8 Å². The van der Waals surface area contributed by atoms with Crippen molar-refractivity contribution in [3.63, 3.8) is 0 Å². The van der Waals surface area contributed by atoms with Crippen LogP contribution in [-0.4, -0.2) is 58.0 Å². The Morgan fingerprint density at radius 3 is 2.33 bits per heavy atom. The van der Waals surface area contributed by atoms with Gasteiger partial charge in [0.25, 0.3) is 11.8 Å². The normalized spacial score (nSPS) is 13.6. The highest BCUT2D eigenvalue weighted by atomic mass is 32.1. The Kier molecular flexibility index (Phi) is 9.82. The van der Waals surface area contributed by atoms with Gasteiger partial charge in [-0.3, -0.25) is 9.59 Å². The van der Waals surface area contributed by atoms with Crippen LogP contribution in [0.25, 0.3) is 0 Å². The number of hydrogen-bond acceptors (Lipinski definition) is 7. The number of aromatic nitrogens is 2. The first-order valence-corrected chi connectivity index (χ1v) is 14.3. The number of rotatable bonds is 10. The van der Waals surface area contributed by atoms with E-state index in [-0.39, 0.29) is 11.5 Å². The molecule has 8 nitrogen and oxygen atoms in total. The number of benzene rings is 2. The Morgan fingerprint density at radius 1 is 1.02 bits per heavy atom. The third kappa shape index (κ3) is 7.76. The van der Waals surface area contributed by atoms with E-state index in [9.17, 15) is 27.9 Å². The molecule has 2 aromatic carbocycles. The van der Waals surface area contributed by atoms with Gasteiger partial charge in [0, 0.05) is 36.3 Å². The van der Waals surface area contributed by atoms with Crippen LogP contribution < -0.4 is 10.2 Å². The third-order valence-corrected chi connectivity index (χ3v) is 7.91. The van der Waals surface area contributed by atoms with Gasteiger partial charge in [-0.05, 0) is 49.7 Å². The smallest absolute Gasteiger partial charge is 0.388 e. The van der Waals surface area contributed by atoms with Crippen LogP contribution in [0.5, 0.6) is 0 Å². The van der Waals surface area contributed by atoms with E-state index in [1.54, 1.807) is 68.4 Å². The van der Waals surface area contributed by atoms with Crippen molar-refractivity contribution in [3.05, 3.63) is 111 Å². The van der Waals surface area contributed by atoms with Gasteiger partial charge in [0.1, 0.15) is 10.7 Å². The molecule has 0 bridgehead atoms. The molecule has 12 heteroatoms. The number of aliphatic hydroxyl groups excluding tert-OH is 1. The van der Waals surface area contributed by atoms with Crippen LogP contribution in [0, 0.1) is 6.92 Å². The highest BCUT2D eigenvalue weighted by molar-refractivity contribution is 7.09. The number of pyridine rings is 1. The van der Waals surface area contributed by atoms with E-state index in [1.165, 1.54) is 28.4 Å². The molecule has 0 aliphatic rings. The lowest BCUT2D eigenvalue weighted by atomic mass is 9.95. The van der Waals surface area contributed by atoms with Crippen LogP contribution in [0.1, 0.15) is 55.6 Å². The molecule has 226 valence electrons. The first-order valence-electron chi connectivity index (χ1n) is 13.4. The average Bonchev–Trinajstić information content (AvgIpc) is 3.40. The molecule has 43 heavy (non-hydrogen) atoms. The molecule has 2 aromatic heterocycles. The molecule has 2 N–H and O–H groups in total. The number of likely N-dealkylation sites (N-methyl/N-ethyl adjacent to an activating group) is 1. The molecule has 3 unspecified atom stereocenters. The minimum Gasteiger partial charge on any atom is -0.388 e. The van der Waals surface area contributed by atoms with Crippen LogP contribution in [-0.2, 0) is 12.7 Å². The molecule has 0 radical (unpaired) electrons. The standard InChI is InChI=1S/C31H32F3N5O3S/c1-19-18-43-26(36-19)17-38(3)30(42)23-12-8-11-22(15-23)29(41)37-20(2)28(40)27(21-9-6-5-7-10-21)39(4)24-13-14-25(35-16-24)31(32,33)34/h5-16,18,20,27-28,40H,17H2,1-4H3,(H,37,41). The van der Waals surface area contributed by atoms with Crippen molar-refractivity contribution in [2.45, 2.75) is 44.8 Å². The van der Waals surface area contributed by atoms with Crippen molar-refractivity contribution < 1.29 is 27.9 Å². The molecule has 2 heterocycles. The van der Waals surface area contributed by atoms with E-state index in [2.05, 4.69) is 15.3 Å². The number of hydrogen-bond donors (Lipinski definition) is 2. The summed E-state index contributed by atoms with van der Waals surface area (Å²) < 4.78 is 39.2. The number of amides is 2. The zero-order valence-electron chi connectivity index (χ0n) is 24.0. The molecule has 0 spiro atoms. The highest BCUT2D eigenvalue weighted by Crippen LogP contribution is 2.32. The maximum absolute atomic E-state index is 13.2. The first kappa shape index (κ1) is 31.6. The molecule has 0 saturated carbocycles. The summed E-state index contributed by atoms with van der Waals surface area (Å²) in [6.45, 7) is 3.85. The second kappa shape index (κ2) is 13.3. The number of carbonyl (C=O) groups excluding carboxylic acids is 2. The molecule has 0 saturated heterocycles. The predicted octanol–water partition coefficient (Wildman–Crippen LogP) is 5.49. The molecular formula is C31H32F3N5O3S. The zero-order valence-corrected chi connectivity index (χ0v) is 24.9. The van der Waals surface area contributed by atoms with Gasteiger partial charge >= 0.3 is 6.18 Å². The molecular weight excluding hydrogens is 579 g/mol. The molecule has 4 rings (SSSR count). The lowest BCUT2D eigenvalue weighted by Crippen LogP contribution is -2.48. The quantitative estimate of drug-likeness (QED) is 0.246. The van der Waals surface area contributed by atoms with Gasteiger partial charge in [-0.15, -0.1) is 11.3 Å². The monoisotopic (exact) mass is 611 g/mol. The fourth-order valence-corrected chi connectivity index (χ4v) is 5.46. The second-order valence-electron chi connectivity index (χ2n) is 10.2. The van der Waals surface area contributed by atoms with Gasteiger partial charge in [-0.2, -0.15) is 13.2 Å². The summed E-state index contributed by atoms with van der Waals surface area (Å²) in [5.41, 5.74) is 1.46. The van der Waals surface area contributed by atoms with E-state index in [0.717, 1.165) is 23.0 Å². The highest BCUT2D eigenvalue weighted by Gasteiger charge is 2.34. The largest absolute Gasteiger partial charge is 0.433 e. The fraction of sp³-hybridized carbons (Fsp3) is 0.290. The Morgan fingerprint density at radius 2 is 1.72 bits per heavy atom. The Hall–Kier alpha value is -4.29. The lowest BCUT2D eigenvalue weighted by Gasteiger charge is -2.36. The van der Waals surface area contributed by atoms with E-state index in [1.807, 2.05) is 18.4 Å². The molecule has 0 aliphatic carbocycles. The summed E-state index contributed by atoms with van der Waals surface area (Å²) in [6.07, 6.45) is -4.66. The average molecular weight is 612 g/mol. The van der Waals surface area contributed by atoms with E-state index < -0.39 is 36.0 Å². The summed E-state index contributed by atoms with van der Waals surface area (Å²) in [5, 5.41) is 17.0. The summed E-state index contributed by atoms with van der Waals surface area (Å²) >= 11 is 1.47. The van der Waals surface area contributed by atoms with Crippen LogP contribution in [0.4, 0.5) is 18.9 Å². The summed E-state index contributed by atoms with van der Waals surface area (Å²) in [5.74, 6) is -0.767. The zero-order chi connectivity index (χ0) is 31.3. The van der Waals surface area contributed by atoms with E-state index in [0.29, 0.717) is 23.4 Å². The molecule has 3 atom stereocenters. The second-order valence-corrected chi connectivity index (χ2v) is 11.2. The SMILES string of the molecule is Cc1csc(CN(C)C(=O)c2cccc(C(=O)NC(C)C(O)C(c3ccccc3)N(C)c3ccc(C(F)(F)F)nc3)c2)n1. The van der Waals surface area contributed by atoms with Crippen molar-refractivity contribution in [3.8, 4) is 0 Å². The third-order valence-electron chi connectivity index (χ3n) is 6.96. The number of alkyl halides is 3. The van der Waals surface area contributed by atoms with Gasteiger partial charge in [-0.1, -0.05) is 36.4 Å². The number of halogens is 3. The number of thiazole rings is 1. The maximum Gasteiger partial charge on any atom is 0.433 e.